The largest absolute Gasteiger partial charge is 0.381 e. The molecule has 3 saturated heterocycles. The Bertz CT molecular complexity index is 740. The third-order valence-corrected chi connectivity index (χ3v) is 8.46. The number of thiophene rings is 1. The van der Waals surface area contributed by atoms with Crippen LogP contribution in [0.2, 0.25) is 0 Å². The third kappa shape index (κ3) is 4.23. The van der Waals surface area contributed by atoms with Gasteiger partial charge in [-0.2, -0.15) is 0 Å². The maximum absolute atomic E-state index is 11.7. The van der Waals surface area contributed by atoms with E-state index in [0.29, 0.717) is 24.6 Å². The molecular formula is C18H27N3O3S2. The summed E-state index contributed by atoms with van der Waals surface area (Å²) in [6.45, 7) is 5.03. The van der Waals surface area contributed by atoms with Gasteiger partial charge in [0.2, 0.25) is 0 Å². The van der Waals surface area contributed by atoms with Gasteiger partial charge in [-0.15, -0.1) is 11.3 Å². The third-order valence-electron chi connectivity index (χ3n) is 5.76. The zero-order valence-corrected chi connectivity index (χ0v) is 16.7. The van der Waals surface area contributed by atoms with Crippen molar-refractivity contribution in [1.29, 1.82) is 0 Å². The zero-order valence-electron chi connectivity index (χ0n) is 15.0. The molecule has 1 N–H and O–H groups in total. The maximum atomic E-state index is 11.7. The van der Waals surface area contributed by atoms with Crippen molar-refractivity contribution in [2.24, 2.45) is 16.3 Å². The number of hydrogen-bond acceptors (Lipinski definition) is 5. The van der Waals surface area contributed by atoms with Crippen LogP contribution < -0.4 is 5.32 Å². The first-order valence-corrected chi connectivity index (χ1v) is 12.1. The molecule has 4 rings (SSSR count). The molecule has 0 aliphatic carbocycles. The van der Waals surface area contributed by atoms with Gasteiger partial charge in [0.25, 0.3) is 0 Å². The fourth-order valence-electron chi connectivity index (χ4n) is 4.18. The van der Waals surface area contributed by atoms with Crippen molar-refractivity contribution in [3.63, 3.8) is 0 Å². The van der Waals surface area contributed by atoms with E-state index in [1.807, 2.05) is 6.07 Å². The standard InChI is InChI=1S/C18H27N3O3S2/c22-26(23)9-3-15(12-26)10-19-17(20-11-16-2-1-8-25-16)21-6-4-18(13-21)5-7-24-14-18/h1-2,8,15H,3-7,9-14H2,(H,19,20). The van der Waals surface area contributed by atoms with Crippen LogP contribution in [0.25, 0.3) is 0 Å². The molecule has 0 bridgehead atoms. The summed E-state index contributed by atoms with van der Waals surface area (Å²) in [5.41, 5.74) is 0.280. The van der Waals surface area contributed by atoms with Crippen molar-refractivity contribution < 1.29 is 13.2 Å². The van der Waals surface area contributed by atoms with Crippen molar-refractivity contribution in [2.75, 3.05) is 44.4 Å². The molecule has 6 nitrogen and oxygen atoms in total. The van der Waals surface area contributed by atoms with Gasteiger partial charge in [0.15, 0.2) is 15.8 Å². The Hall–Kier alpha value is -1.12. The summed E-state index contributed by atoms with van der Waals surface area (Å²) in [5.74, 6) is 1.74. The Labute approximate surface area is 159 Å². The van der Waals surface area contributed by atoms with E-state index < -0.39 is 9.84 Å². The average molecular weight is 398 g/mol. The fourth-order valence-corrected chi connectivity index (χ4v) is 6.67. The lowest BCUT2D eigenvalue weighted by molar-refractivity contribution is 0.156. The highest BCUT2D eigenvalue weighted by atomic mass is 32.2. The van der Waals surface area contributed by atoms with E-state index in [0.717, 1.165) is 51.5 Å². The fraction of sp³-hybridized carbons (Fsp3) is 0.722. The number of likely N-dealkylation sites (tertiary alicyclic amines) is 1. The molecule has 26 heavy (non-hydrogen) atoms. The summed E-state index contributed by atoms with van der Waals surface area (Å²) in [5, 5.41) is 5.56. The average Bonchev–Trinajstić information content (AvgIpc) is 3.38. The Kier molecular flexibility index (Phi) is 5.25. The molecule has 3 aliphatic heterocycles. The lowest BCUT2D eigenvalue weighted by Gasteiger charge is -2.26. The van der Waals surface area contributed by atoms with Gasteiger partial charge >= 0.3 is 0 Å². The molecule has 1 aromatic rings. The summed E-state index contributed by atoms with van der Waals surface area (Å²) in [6, 6.07) is 4.15. The van der Waals surface area contributed by atoms with E-state index in [-0.39, 0.29) is 11.3 Å². The Morgan fingerprint density at radius 3 is 3.08 bits per heavy atom. The van der Waals surface area contributed by atoms with Crippen LogP contribution in [0.5, 0.6) is 0 Å². The second-order valence-corrected chi connectivity index (χ2v) is 11.1. The highest BCUT2D eigenvalue weighted by Crippen LogP contribution is 2.38. The molecule has 144 valence electrons. The normalized spacial score (nSPS) is 31.2. The summed E-state index contributed by atoms with van der Waals surface area (Å²) >= 11 is 1.72. The van der Waals surface area contributed by atoms with E-state index >= 15 is 0 Å². The van der Waals surface area contributed by atoms with Crippen LogP contribution in [-0.2, 0) is 21.1 Å². The van der Waals surface area contributed by atoms with Crippen molar-refractivity contribution in [1.82, 2.24) is 10.2 Å². The second kappa shape index (κ2) is 7.48. The number of sulfone groups is 1. The van der Waals surface area contributed by atoms with Crippen molar-refractivity contribution in [2.45, 2.75) is 25.8 Å². The highest BCUT2D eigenvalue weighted by molar-refractivity contribution is 7.91. The van der Waals surface area contributed by atoms with E-state index in [2.05, 4.69) is 21.7 Å². The molecule has 3 fully saturated rings. The molecule has 0 saturated carbocycles. The SMILES string of the molecule is O=S1(=O)CCC(CNC(=NCc2cccs2)N2CCC3(CCOC3)C2)C1. The molecule has 1 spiro atoms. The van der Waals surface area contributed by atoms with Crippen LogP contribution in [0.15, 0.2) is 22.5 Å². The zero-order chi connectivity index (χ0) is 18.0. The Morgan fingerprint density at radius 2 is 2.38 bits per heavy atom. The summed E-state index contributed by atoms with van der Waals surface area (Å²) in [4.78, 5) is 8.43. The number of guanidine groups is 1. The predicted molar refractivity (Wildman–Crippen MR) is 104 cm³/mol. The van der Waals surface area contributed by atoms with Crippen LogP contribution in [0.3, 0.4) is 0 Å². The van der Waals surface area contributed by atoms with Crippen LogP contribution in [0.4, 0.5) is 0 Å². The van der Waals surface area contributed by atoms with E-state index in [1.54, 1.807) is 11.3 Å². The van der Waals surface area contributed by atoms with Gasteiger partial charge in [0, 0.05) is 36.5 Å². The molecule has 3 aliphatic rings. The predicted octanol–water partition coefficient (Wildman–Crippen LogP) is 1.74. The van der Waals surface area contributed by atoms with E-state index in [9.17, 15) is 8.42 Å². The quantitative estimate of drug-likeness (QED) is 0.619. The first-order chi connectivity index (χ1) is 12.5. The maximum Gasteiger partial charge on any atom is 0.194 e. The van der Waals surface area contributed by atoms with E-state index in [1.165, 1.54) is 4.88 Å². The molecule has 0 aromatic carbocycles. The van der Waals surface area contributed by atoms with Gasteiger partial charge in [-0.1, -0.05) is 6.07 Å². The molecule has 2 atom stereocenters. The van der Waals surface area contributed by atoms with Crippen LogP contribution >= 0.6 is 11.3 Å². The van der Waals surface area contributed by atoms with Crippen LogP contribution in [0.1, 0.15) is 24.1 Å². The van der Waals surface area contributed by atoms with Gasteiger partial charge in [0.1, 0.15) is 0 Å². The highest BCUT2D eigenvalue weighted by Gasteiger charge is 2.42. The molecule has 8 heteroatoms. The number of nitrogens with zero attached hydrogens (tertiary/aromatic N) is 2. The molecule has 0 amide bonds. The minimum atomic E-state index is -2.84. The summed E-state index contributed by atoms with van der Waals surface area (Å²) in [7, 11) is -2.84. The number of rotatable bonds is 4. The molecule has 2 unspecified atom stereocenters. The summed E-state index contributed by atoms with van der Waals surface area (Å²) < 4.78 is 29.1. The smallest absolute Gasteiger partial charge is 0.194 e. The number of hydrogen-bond donors (Lipinski definition) is 1. The monoisotopic (exact) mass is 397 g/mol. The van der Waals surface area contributed by atoms with Crippen molar-refractivity contribution >= 4 is 27.1 Å². The first kappa shape index (κ1) is 18.3. The number of nitrogens with one attached hydrogen (secondary N) is 1. The Balaban J connectivity index is 1.42. The van der Waals surface area contributed by atoms with Crippen LogP contribution in [0, 0.1) is 11.3 Å². The van der Waals surface area contributed by atoms with Crippen LogP contribution in [-0.4, -0.2) is 63.6 Å². The molecular weight excluding hydrogens is 370 g/mol. The lowest BCUT2D eigenvalue weighted by Crippen LogP contribution is -2.43. The van der Waals surface area contributed by atoms with Gasteiger partial charge in [-0.3, -0.25) is 0 Å². The minimum Gasteiger partial charge on any atom is -0.381 e. The second-order valence-electron chi connectivity index (χ2n) is 7.84. The van der Waals surface area contributed by atoms with Gasteiger partial charge < -0.3 is 15.0 Å². The summed E-state index contributed by atoms with van der Waals surface area (Å²) in [6.07, 6.45) is 3.03. The molecule has 0 radical (unpaired) electrons. The lowest BCUT2D eigenvalue weighted by atomic mass is 9.87. The van der Waals surface area contributed by atoms with Crippen molar-refractivity contribution in [3.05, 3.63) is 22.4 Å². The molecule has 4 heterocycles. The molecule has 1 aromatic heterocycles. The number of aliphatic imine (C=N–C) groups is 1. The number of ether oxygens (including phenoxy) is 1. The van der Waals surface area contributed by atoms with Gasteiger partial charge in [-0.05, 0) is 36.6 Å². The minimum absolute atomic E-state index is 0.193. The van der Waals surface area contributed by atoms with Gasteiger partial charge in [0.05, 0.1) is 24.7 Å². The first-order valence-electron chi connectivity index (χ1n) is 9.38. The topological polar surface area (TPSA) is 71.0 Å². The van der Waals surface area contributed by atoms with Gasteiger partial charge in [-0.25, -0.2) is 13.4 Å². The van der Waals surface area contributed by atoms with Crippen molar-refractivity contribution in [3.8, 4) is 0 Å². The Morgan fingerprint density at radius 1 is 1.46 bits per heavy atom. The van der Waals surface area contributed by atoms with E-state index in [4.69, 9.17) is 9.73 Å².